The normalized spacial score (nSPS) is 13.4. The lowest BCUT2D eigenvalue weighted by atomic mass is 10.4. The number of sulfone groups is 1. The van der Waals surface area contributed by atoms with Crippen LogP contribution in [0.4, 0.5) is 0 Å². The predicted octanol–water partition coefficient (Wildman–Crippen LogP) is 2.93. The van der Waals surface area contributed by atoms with Gasteiger partial charge in [0.15, 0.2) is 9.84 Å². The fourth-order valence-corrected chi connectivity index (χ4v) is 3.08. The first kappa shape index (κ1) is 14.2. The number of benzene rings is 1. The molecule has 0 aliphatic rings. The lowest BCUT2D eigenvalue weighted by molar-refractivity contribution is 0.449. The fourth-order valence-electron chi connectivity index (χ4n) is 1.53. The molecular formula is C12H13BrN2O3S. The predicted molar refractivity (Wildman–Crippen MR) is 73.4 cm³/mol. The number of hydrogen-bond acceptors (Lipinski definition) is 5. The summed E-state index contributed by atoms with van der Waals surface area (Å²) >= 11 is 3.27. The highest BCUT2D eigenvalue weighted by atomic mass is 79.9. The van der Waals surface area contributed by atoms with Crippen LogP contribution in [0.25, 0.3) is 0 Å². The van der Waals surface area contributed by atoms with Crippen LogP contribution in [-0.2, 0) is 16.3 Å². The smallest absolute Gasteiger partial charge is 0.234 e. The van der Waals surface area contributed by atoms with E-state index >= 15 is 0 Å². The Kier molecular flexibility index (Phi) is 4.05. The zero-order valence-corrected chi connectivity index (χ0v) is 12.9. The molecule has 1 atom stereocenters. The molecule has 1 heterocycles. The van der Waals surface area contributed by atoms with E-state index in [0.717, 1.165) is 4.47 Å². The lowest BCUT2D eigenvalue weighted by Gasteiger charge is -2.09. The average Bonchev–Trinajstić information content (AvgIpc) is 2.87. The highest BCUT2D eigenvalue weighted by Crippen LogP contribution is 2.28. The minimum Gasteiger partial charge on any atom is -0.424 e. The van der Waals surface area contributed by atoms with Crippen molar-refractivity contribution >= 4 is 25.8 Å². The van der Waals surface area contributed by atoms with Crippen molar-refractivity contribution in [2.24, 2.45) is 0 Å². The molecule has 0 saturated heterocycles. The number of halogens is 1. The highest BCUT2D eigenvalue weighted by molar-refractivity contribution is 9.10. The SMILES string of the molecule is CCc1nnc([C@@H](C)S(=O)(=O)c2ccc(Br)cc2)o1. The largest absolute Gasteiger partial charge is 0.424 e. The van der Waals surface area contributed by atoms with Crippen LogP contribution in [-0.4, -0.2) is 18.6 Å². The average molecular weight is 345 g/mol. The summed E-state index contributed by atoms with van der Waals surface area (Å²) in [4.78, 5) is 0.236. The topological polar surface area (TPSA) is 73.1 Å². The second kappa shape index (κ2) is 5.42. The van der Waals surface area contributed by atoms with Gasteiger partial charge >= 0.3 is 0 Å². The molecule has 0 amide bonds. The Balaban J connectivity index is 2.36. The van der Waals surface area contributed by atoms with Gasteiger partial charge in [-0.05, 0) is 31.2 Å². The number of hydrogen-bond donors (Lipinski definition) is 0. The van der Waals surface area contributed by atoms with Crippen molar-refractivity contribution in [3.05, 3.63) is 40.5 Å². The molecule has 0 bridgehead atoms. The fraction of sp³-hybridized carbons (Fsp3) is 0.333. The van der Waals surface area contributed by atoms with Gasteiger partial charge in [0.25, 0.3) is 0 Å². The Morgan fingerprint density at radius 2 is 1.89 bits per heavy atom. The standard InChI is InChI=1S/C12H13BrN2O3S/c1-3-11-14-15-12(18-11)8(2)19(16,17)10-6-4-9(13)5-7-10/h4-8H,3H2,1-2H3/t8-/m1/s1. The van der Waals surface area contributed by atoms with Crippen LogP contribution >= 0.6 is 15.9 Å². The minimum absolute atomic E-state index is 0.125. The summed E-state index contributed by atoms with van der Waals surface area (Å²) in [5.74, 6) is 0.563. The first-order valence-corrected chi connectivity index (χ1v) is 8.10. The maximum absolute atomic E-state index is 12.4. The van der Waals surface area contributed by atoms with Gasteiger partial charge in [-0.25, -0.2) is 8.42 Å². The van der Waals surface area contributed by atoms with Crippen molar-refractivity contribution < 1.29 is 12.8 Å². The van der Waals surface area contributed by atoms with E-state index in [0.29, 0.717) is 12.3 Å². The van der Waals surface area contributed by atoms with Gasteiger partial charge in [0.1, 0.15) is 5.25 Å². The quantitative estimate of drug-likeness (QED) is 0.852. The molecule has 7 heteroatoms. The lowest BCUT2D eigenvalue weighted by Crippen LogP contribution is -2.11. The zero-order valence-electron chi connectivity index (χ0n) is 10.5. The molecule has 1 aromatic heterocycles. The van der Waals surface area contributed by atoms with Gasteiger partial charge in [-0.1, -0.05) is 22.9 Å². The maximum atomic E-state index is 12.4. The van der Waals surface area contributed by atoms with Gasteiger partial charge in [0, 0.05) is 10.9 Å². The summed E-state index contributed by atoms with van der Waals surface area (Å²) in [7, 11) is -3.52. The van der Waals surface area contributed by atoms with Crippen LogP contribution in [0.1, 0.15) is 30.9 Å². The van der Waals surface area contributed by atoms with Crippen LogP contribution in [0.3, 0.4) is 0 Å². The van der Waals surface area contributed by atoms with Gasteiger partial charge in [0.2, 0.25) is 11.8 Å². The molecule has 2 rings (SSSR count). The molecule has 5 nitrogen and oxygen atoms in total. The molecule has 0 saturated carbocycles. The maximum Gasteiger partial charge on any atom is 0.234 e. The molecule has 0 aliphatic heterocycles. The number of aromatic nitrogens is 2. The van der Waals surface area contributed by atoms with E-state index in [2.05, 4.69) is 26.1 Å². The van der Waals surface area contributed by atoms with E-state index in [1.807, 2.05) is 6.92 Å². The van der Waals surface area contributed by atoms with Gasteiger partial charge in [-0.2, -0.15) is 0 Å². The molecule has 0 unspecified atom stereocenters. The molecule has 0 spiro atoms. The third-order valence-corrected chi connectivity index (χ3v) is 5.33. The van der Waals surface area contributed by atoms with Gasteiger partial charge < -0.3 is 4.42 Å². The number of rotatable bonds is 4. The number of nitrogens with zero attached hydrogens (tertiary/aromatic N) is 2. The van der Waals surface area contributed by atoms with Crippen LogP contribution in [0.5, 0.6) is 0 Å². The number of aryl methyl sites for hydroxylation is 1. The van der Waals surface area contributed by atoms with E-state index in [1.165, 1.54) is 0 Å². The van der Waals surface area contributed by atoms with Crippen LogP contribution in [0.2, 0.25) is 0 Å². The van der Waals surface area contributed by atoms with Gasteiger partial charge in [-0.3, -0.25) is 0 Å². The molecule has 1 aromatic carbocycles. The summed E-state index contributed by atoms with van der Waals surface area (Å²) in [6, 6.07) is 6.47. The summed E-state index contributed by atoms with van der Waals surface area (Å²) < 4.78 is 30.9. The van der Waals surface area contributed by atoms with Gasteiger partial charge in [0.05, 0.1) is 4.90 Å². The third-order valence-electron chi connectivity index (χ3n) is 2.74. The minimum atomic E-state index is -3.52. The Morgan fingerprint density at radius 3 is 2.42 bits per heavy atom. The first-order chi connectivity index (χ1) is 8.95. The first-order valence-electron chi connectivity index (χ1n) is 5.77. The Hall–Kier alpha value is -1.21. The Labute approximate surface area is 120 Å². The molecule has 102 valence electrons. The monoisotopic (exact) mass is 344 g/mol. The molecular weight excluding hydrogens is 332 g/mol. The van der Waals surface area contributed by atoms with Crippen molar-refractivity contribution in [3.8, 4) is 0 Å². The second-order valence-electron chi connectivity index (χ2n) is 4.03. The molecule has 2 aromatic rings. The van der Waals surface area contributed by atoms with Crippen molar-refractivity contribution in [3.63, 3.8) is 0 Å². The molecule has 0 radical (unpaired) electrons. The van der Waals surface area contributed by atoms with Crippen molar-refractivity contribution in [2.75, 3.05) is 0 Å². The van der Waals surface area contributed by atoms with Crippen molar-refractivity contribution in [1.29, 1.82) is 0 Å². The Bertz CT molecular complexity index is 665. The van der Waals surface area contributed by atoms with E-state index in [4.69, 9.17) is 4.42 Å². The second-order valence-corrected chi connectivity index (χ2v) is 7.21. The molecule has 0 aliphatic carbocycles. The van der Waals surface area contributed by atoms with Crippen molar-refractivity contribution in [2.45, 2.75) is 30.4 Å². The third kappa shape index (κ3) is 2.87. The van der Waals surface area contributed by atoms with Gasteiger partial charge in [-0.15, -0.1) is 10.2 Å². The summed E-state index contributed by atoms with van der Waals surface area (Å²) in [5.41, 5.74) is 0. The van der Waals surface area contributed by atoms with Crippen molar-refractivity contribution in [1.82, 2.24) is 10.2 Å². The van der Waals surface area contributed by atoms with Crippen LogP contribution < -0.4 is 0 Å². The summed E-state index contributed by atoms with van der Waals surface area (Å²) in [5, 5.41) is 6.72. The highest BCUT2D eigenvalue weighted by Gasteiger charge is 2.29. The van der Waals surface area contributed by atoms with E-state index < -0.39 is 15.1 Å². The van der Waals surface area contributed by atoms with Crippen LogP contribution in [0, 0.1) is 0 Å². The van der Waals surface area contributed by atoms with E-state index in [9.17, 15) is 8.42 Å². The molecule has 0 N–H and O–H groups in total. The molecule has 0 fully saturated rings. The van der Waals surface area contributed by atoms with Crippen LogP contribution in [0.15, 0.2) is 38.1 Å². The summed E-state index contributed by atoms with van der Waals surface area (Å²) in [6.07, 6.45) is 0.581. The molecule has 19 heavy (non-hydrogen) atoms. The van der Waals surface area contributed by atoms with E-state index in [1.54, 1.807) is 31.2 Å². The Morgan fingerprint density at radius 1 is 1.26 bits per heavy atom. The van der Waals surface area contributed by atoms with E-state index in [-0.39, 0.29) is 10.8 Å². The zero-order chi connectivity index (χ0) is 14.0. The summed E-state index contributed by atoms with van der Waals surface area (Å²) in [6.45, 7) is 3.41.